The number of benzene rings is 1. The summed E-state index contributed by atoms with van der Waals surface area (Å²) in [7, 11) is -3.59. The Morgan fingerprint density at radius 3 is 2.32 bits per heavy atom. The standard InChI is InChI=1S/C21H31ClNO4P/c1-5-26-19(27-6-2)28(24,25)16-8-14-21(13-7-15-23-21)20(3,4)17-9-11-18(22)12-10-17/h7,9-13,15,19H,5-6,8,14,16H2,1-4H3,(H,24,25). The summed E-state index contributed by atoms with van der Waals surface area (Å²) in [4.78, 5) is 15.3. The minimum absolute atomic E-state index is 0.124. The van der Waals surface area contributed by atoms with Gasteiger partial charge in [-0.1, -0.05) is 43.7 Å². The minimum Gasteiger partial charge on any atom is -0.345 e. The molecular formula is C21H31ClNO4P. The Hall–Kier alpha value is -0.970. The van der Waals surface area contributed by atoms with Gasteiger partial charge in [-0.15, -0.1) is 0 Å². The Morgan fingerprint density at radius 1 is 1.21 bits per heavy atom. The van der Waals surface area contributed by atoms with Crippen LogP contribution in [0.25, 0.3) is 0 Å². The van der Waals surface area contributed by atoms with E-state index in [-0.39, 0.29) is 11.6 Å². The first kappa shape index (κ1) is 23.3. The molecule has 0 aromatic heterocycles. The van der Waals surface area contributed by atoms with Gasteiger partial charge in [0.05, 0.1) is 5.54 Å². The van der Waals surface area contributed by atoms with E-state index in [2.05, 4.69) is 19.9 Å². The van der Waals surface area contributed by atoms with Gasteiger partial charge in [0.15, 0.2) is 0 Å². The van der Waals surface area contributed by atoms with E-state index in [1.54, 1.807) is 20.1 Å². The van der Waals surface area contributed by atoms with Crippen LogP contribution in [0.1, 0.15) is 46.1 Å². The highest BCUT2D eigenvalue weighted by Gasteiger charge is 2.45. The molecule has 1 aliphatic rings. The summed E-state index contributed by atoms with van der Waals surface area (Å²) >= 11 is 6.04. The molecule has 0 radical (unpaired) electrons. The molecule has 1 aromatic carbocycles. The van der Waals surface area contributed by atoms with Gasteiger partial charge in [-0.3, -0.25) is 9.56 Å². The van der Waals surface area contributed by atoms with Crippen LogP contribution in [0.5, 0.6) is 0 Å². The zero-order chi connectivity index (χ0) is 20.8. The van der Waals surface area contributed by atoms with Gasteiger partial charge >= 0.3 is 0 Å². The normalized spacial score (nSPS) is 21.4. The van der Waals surface area contributed by atoms with Gasteiger partial charge in [0.2, 0.25) is 6.03 Å². The highest BCUT2D eigenvalue weighted by Crippen LogP contribution is 2.50. The third-order valence-electron chi connectivity index (χ3n) is 5.40. The van der Waals surface area contributed by atoms with Gasteiger partial charge in [0, 0.05) is 36.0 Å². The van der Waals surface area contributed by atoms with Crippen LogP contribution in [-0.4, -0.2) is 42.1 Å². The first-order valence-corrected chi connectivity index (χ1v) is 12.0. The molecule has 2 unspecified atom stereocenters. The molecule has 0 saturated heterocycles. The van der Waals surface area contributed by atoms with Crippen LogP contribution >= 0.6 is 19.0 Å². The fraction of sp³-hybridized carbons (Fsp3) is 0.571. The van der Waals surface area contributed by atoms with Gasteiger partial charge in [-0.05, 0) is 50.5 Å². The summed E-state index contributed by atoms with van der Waals surface area (Å²) < 4.78 is 23.5. The largest absolute Gasteiger partial charge is 0.345 e. The summed E-state index contributed by atoms with van der Waals surface area (Å²) in [6, 6.07) is 6.73. The third-order valence-corrected chi connectivity index (χ3v) is 7.56. The molecule has 1 heterocycles. The minimum atomic E-state index is -3.59. The van der Waals surface area contributed by atoms with E-state index in [1.165, 1.54) is 0 Å². The summed E-state index contributed by atoms with van der Waals surface area (Å²) in [6.45, 7) is 8.52. The predicted octanol–water partition coefficient (Wildman–Crippen LogP) is 5.40. The van der Waals surface area contributed by atoms with Crippen molar-refractivity contribution in [3.05, 3.63) is 47.0 Å². The van der Waals surface area contributed by atoms with Crippen molar-refractivity contribution < 1.29 is 18.9 Å². The van der Waals surface area contributed by atoms with E-state index in [4.69, 9.17) is 26.1 Å². The molecule has 0 aliphatic carbocycles. The SMILES string of the molecule is CCOC(OCC)P(=O)(O)CCCC1(C(C)(C)c2ccc(Cl)cc2)C=CC=N1. The summed E-state index contributed by atoms with van der Waals surface area (Å²) in [5.74, 6) is 0. The van der Waals surface area contributed by atoms with Crippen LogP contribution in [0, 0.1) is 0 Å². The van der Waals surface area contributed by atoms with Crippen LogP contribution in [0.2, 0.25) is 5.02 Å². The highest BCUT2D eigenvalue weighted by atomic mass is 35.5. The number of halogens is 1. The van der Waals surface area contributed by atoms with Crippen molar-refractivity contribution >= 4 is 25.2 Å². The Morgan fingerprint density at radius 2 is 1.82 bits per heavy atom. The lowest BCUT2D eigenvalue weighted by Gasteiger charge is -2.41. The quantitative estimate of drug-likeness (QED) is 0.379. The lowest BCUT2D eigenvalue weighted by molar-refractivity contribution is -0.0871. The molecule has 1 N–H and O–H groups in total. The summed E-state index contributed by atoms with van der Waals surface area (Å²) in [5.41, 5.74) is 0.335. The number of hydrogen-bond acceptors (Lipinski definition) is 4. The molecular weight excluding hydrogens is 397 g/mol. The van der Waals surface area contributed by atoms with Crippen molar-refractivity contribution in [1.82, 2.24) is 0 Å². The second-order valence-electron chi connectivity index (χ2n) is 7.49. The highest BCUT2D eigenvalue weighted by molar-refractivity contribution is 7.58. The van der Waals surface area contributed by atoms with Gasteiger partial charge in [0.25, 0.3) is 7.37 Å². The van der Waals surface area contributed by atoms with Gasteiger partial charge in [-0.25, -0.2) is 0 Å². The van der Waals surface area contributed by atoms with Crippen molar-refractivity contribution in [3.63, 3.8) is 0 Å². The molecule has 2 rings (SSSR count). The maximum absolute atomic E-state index is 12.8. The molecule has 156 valence electrons. The first-order chi connectivity index (χ1) is 13.2. The Labute approximate surface area is 173 Å². The molecule has 2 atom stereocenters. The van der Waals surface area contributed by atoms with Crippen molar-refractivity contribution in [1.29, 1.82) is 0 Å². The summed E-state index contributed by atoms with van der Waals surface area (Å²) in [5, 5.41) is 0.693. The van der Waals surface area contributed by atoms with Crippen molar-refractivity contribution in [3.8, 4) is 0 Å². The fourth-order valence-corrected chi connectivity index (χ4v) is 5.33. The van der Waals surface area contributed by atoms with Crippen molar-refractivity contribution in [2.45, 2.75) is 57.5 Å². The van der Waals surface area contributed by atoms with E-state index in [9.17, 15) is 9.46 Å². The molecule has 7 heteroatoms. The van der Waals surface area contributed by atoms with Crippen LogP contribution in [0.4, 0.5) is 0 Å². The molecule has 28 heavy (non-hydrogen) atoms. The second kappa shape index (κ2) is 9.69. The lowest BCUT2D eigenvalue weighted by atomic mass is 9.66. The smallest absolute Gasteiger partial charge is 0.255 e. The van der Waals surface area contributed by atoms with E-state index in [0.29, 0.717) is 31.1 Å². The number of hydrogen-bond donors (Lipinski definition) is 1. The number of rotatable bonds is 11. The number of allylic oxidation sites excluding steroid dienone is 1. The van der Waals surface area contributed by atoms with E-state index in [0.717, 1.165) is 5.56 Å². The third kappa shape index (κ3) is 5.14. The number of aliphatic imine (C=N–C) groups is 1. The molecule has 0 fully saturated rings. The van der Waals surface area contributed by atoms with Crippen molar-refractivity contribution in [2.24, 2.45) is 4.99 Å². The molecule has 0 spiro atoms. The molecule has 1 aromatic rings. The number of ether oxygens (including phenoxy) is 2. The van der Waals surface area contributed by atoms with E-state index < -0.39 is 18.9 Å². The van der Waals surface area contributed by atoms with Crippen LogP contribution in [-0.2, 0) is 19.5 Å². The molecule has 0 amide bonds. The molecule has 5 nitrogen and oxygen atoms in total. The Kier molecular flexibility index (Phi) is 8.06. The Balaban J connectivity index is 2.15. The van der Waals surface area contributed by atoms with Crippen LogP contribution < -0.4 is 0 Å². The van der Waals surface area contributed by atoms with Crippen molar-refractivity contribution in [2.75, 3.05) is 19.4 Å². The van der Waals surface area contributed by atoms with Crippen LogP contribution in [0.15, 0.2) is 41.4 Å². The first-order valence-electron chi connectivity index (χ1n) is 9.72. The fourth-order valence-electron chi connectivity index (χ4n) is 3.61. The van der Waals surface area contributed by atoms with Gasteiger partial charge < -0.3 is 14.4 Å². The van der Waals surface area contributed by atoms with Gasteiger partial charge in [0.1, 0.15) is 0 Å². The second-order valence-corrected chi connectivity index (χ2v) is 10.3. The molecule has 1 aliphatic heterocycles. The average Bonchev–Trinajstić information content (AvgIpc) is 3.12. The zero-order valence-electron chi connectivity index (χ0n) is 17.1. The lowest BCUT2D eigenvalue weighted by Crippen LogP contribution is -2.44. The maximum Gasteiger partial charge on any atom is 0.255 e. The predicted molar refractivity (Wildman–Crippen MR) is 116 cm³/mol. The van der Waals surface area contributed by atoms with E-state index >= 15 is 0 Å². The van der Waals surface area contributed by atoms with Crippen LogP contribution in [0.3, 0.4) is 0 Å². The average molecular weight is 428 g/mol. The zero-order valence-corrected chi connectivity index (χ0v) is 18.7. The summed E-state index contributed by atoms with van der Waals surface area (Å²) in [6.07, 6.45) is 7.14. The monoisotopic (exact) mass is 427 g/mol. The number of nitrogens with zero attached hydrogens (tertiary/aromatic N) is 1. The topological polar surface area (TPSA) is 68.1 Å². The Bertz CT molecular complexity index is 727. The molecule has 0 saturated carbocycles. The molecule has 0 bridgehead atoms. The maximum atomic E-state index is 12.8. The van der Waals surface area contributed by atoms with E-state index in [1.807, 2.05) is 30.3 Å². The van der Waals surface area contributed by atoms with Gasteiger partial charge in [-0.2, -0.15) is 0 Å².